The van der Waals surface area contributed by atoms with E-state index in [4.69, 9.17) is 9.84 Å². The normalized spacial score (nSPS) is 14.2. The Morgan fingerprint density at radius 1 is 1.03 bits per heavy atom. The van der Waals surface area contributed by atoms with Crippen molar-refractivity contribution in [1.82, 2.24) is 10.6 Å². The lowest BCUT2D eigenvalue weighted by Crippen LogP contribution is -2.49. The van der Waals surface area contributed by atoms with Crippen LogP contribution in [-0.4, -0.2) is 48.7 Å². The van der Waals surface area contributed by atoms with Crippen molar-refractivity contribution >= 4 is 18.0 Å². The summed E-state index contributed by atoms with van der Waals surface area (Å²) in [7, 11) is 0. The lowest BCUT2D eigenvalue weighted by atomic mass is 9.98. The van der Waals surface area contributed by atoms with Gasteiger partial charge in [-0.2, -0.15) is 0 Å². The Bertz CT molecular complexity index is 952. The van der Waals surface area contributed by atoms with Crippen LogP contribution in [0.2, 0.25) is 0 Å². The second-order valence-electron chi connectivity index (χ2n) is 7.63. The van der Waals surface area contributed by atoms with Gasteiger partial charge in [0.05, 0.1) is 5.92 Å². The minimum atomic E-state index is -2.85. The van der Waals surface area contributed by atoms with E-state index in [-0.39, 0.29) is 19.1 Å². The highest BCUT2D eigenvalue weighted by Crippen LogP contribution is 2.44. The maximum Gasteiger partial charge on any atom is 0.407 e. The summed E-state index contributed by atoms with van der Waals surface area (Å²) in [6, 6.07) is 13.9. The van der Waals surface area contributed by atoms with Gasteiger partial charge in [-0.3, -0.25) is 9.59 Å². The number of aliphatic carboxylic acids is 1. The number of carboxylic acids is 1. The predicted octanol–water partition coefficient (Wildman–Crippen LogP) is 3.39. The molecule has 0 heterocycles. The Hall–Kier alpha value is -3.49. The molecule has 2 unspecified atom stereocenters. The number of alkyl halides is 2. The maximum absolute atomic E-state index is 12.9. The molecular weight excluding hydrogens is 422 g/mol. The van der Waals surface area contributed by atoms with Crippen LogP contribution in [0.1, 0.15) is 30.4 Å². The van der Waals surface area contributed by atoms with Gasteiger partial charge in [-0.05, 0) is 22.3 Å². The van der Waals surface area contributed by atoms with E-state index in [1.54, 1.807) is 0 Å². The first-order chi connectivity index (χ1) is 15.3. The number of carbonyl (C=O) groups is 3. The number of benzene rings is 2. The molecule has 3 N–H and O–H groups in total. The fourth-order valence-corrected chi connectivity index (χ4v) is 3.66. The maximum atomic E-state index is 12.9. The first-order valence-electron chi connectivity index (χ1n) is 10.2. The third-order valence-corrected chi connectivity index (χ3v) is 5.37. The van der Waals surface area contributed by atoms with Gasteiger partial charge < -0.3 is 20.5 Å². The Balaban J connectivity index is 1.63. The molecule has 2 aromatic rings. The van der Waals surface area contributed by atoms with Gasteiger partial charge in [0.1, 0.15) is 12.6 Å². The highest BCUT2D eigenvalue weighted by molar-refractivity contribution is 5.86. The second-order valence-corrected chi connectivity index (χ2v) is 7.63. The molecule has 0 bridgehead atoms. The number of alkyl carbamates (subject to hydrolysis) is 1. The Morgan fingerprint density at radius 2 is 1.59 bits per heavy atom. The van der Waals surface area contributed by atoms with Crippen molar-refractivity contribution in [3.8, 4) is 11.1 Å². The summed E-state index contributed by atoms with van der Waals surface area (Å²) in [6.45, 7) is 1.09. The molecule has 2 aromatic carbocycles. The molecule has 3 rings (SSSR count). The predicted molar refractivity (Wildman–Crippen MR) is 112 cm³/mol. The number of rotatable bonds is 9. The molecule has 2 amide bonds. The molecule has 1 aliphatic carbocycles. The molecule has 0 aliphatic heterocycles. The van der Waals surface area contributed by atoms with Gasteiger partial charge in [0.15, 0.2) is 0 Å². The van der Waals surface area contributed by atoms with Crippen molar-refractivity contribution in [3.05, 3.63) is 59.7 Å². The van der Waals surface area contributed by atoms with Crippen LogP contribution in [-0.2, 0) is 14.3 Å². The molecule has 32 heavy (non-hydrogen) atoms. The van der Waals surface area contributed by atoms with Crippen molar-refractivity contribution in [2.45, 2.75) is 31.7 Å². The van der Waals surface area contributed by atoms with Crippen molar-refractivity contribution in [2.75, 3.05) is 13.2 Å². The summed E-state index contributed by atoms with van der Waals surface area (Å²) in [5.74, 6) is -3.15. The van der Waals surface area contributed by atoms with Crippen LogP contribution in [0.5, 0.6) is 0 Å². The average Bonchev–Trinajstić information content (AvgIpc) is 3.08. The topological polar surface area (TPSA) is 105 Å². The molecule has 9 heteroatoms. The van der Waals surface area contributed by atoms with E-state index in [0.29, 0.717) is 0 Å². The zero-order valence-corrected chi connectivity index (χ0v) is 17.4. The summed E-state index contributed by atoms with van der Waals surface area (Å²) in [4.78, 5) is 35.4. The summed E-state index contributed by atoms with van der Waals surface area (Å²) in [5, 5.41) is 13.3. The van der Waals surface area contributed by atoms with Crippen LogP contribution < -0.4 is 10.6 Å². The Labute approximate surface area is 183 Å². The van der Waals surface area contributed by atoms with Crippen molar-refractivity contribution < 1.29 is 33.0 Å². The van der Waals surface area contributed by atoms with Crippen molar-refractivity contribution in [2.24, 2.45) is 5.92 Å². The summed E-state index contributed by atoms with van der Waals surface area (Å²) >= 11 is 0. The Kier molecular flexibility index (Phi) is 7.40. The minimum absolute atomic E-state index is 0.0288. The third kappa shape index (κ3) is 5.40. The largest absolute Gasteiger partial charge is 0.481 e. The van der Waals surface area contributed by atoms with E-state index < -0.39 is 42.8 Å². The number of ether oxygens (including phenoxy) is 1. The van der Waals surface area contributed by atoms with Crippen molar-refractivity contribution in [3.63, 3.8) is 0 Å². The molecular formula is C23H24F2N2O5. The molecule has 170 valence electrons. The van der Waals surface area contributed by atoms with E-state index in [2.05, 4.69) is 10.6 Å². The molecule has 2 atom stereocenters. The monoisotopic (exact) mass is 446 g/mol. The summed E-state index contributed by atoms with van der Waals surface area (Å²) in [5.41, 5.74) is 4.07. The van der Waals surface area contributed by atoms with Crippen LogP contribution in [0.25, 0.3) is 11.1 Å². The van der Waals surface area contributed by atoms with Gasteiger partial charge in [-0.15, -0.1) is 0 Å². The minimum Gasteiger partial charge on any atom is -0.481 e. The van der Waals surface area contributed by atoms with Gasteiger partial charge in [0.25, 0.3) is 0 Å². The van der Waals surface area contributed by atoms with E-state index in [1.807, 2.05) is 48.5 Å². The first-order valence-corrected chi connectivity index (χ1v) is 10.2. The molecule has 7 nitrogen and oxygen atoms in total. The molecule has 0 saturated heterocycles. The summed E-state index contributed by atoms with van der Waals surface area (Å²) in [6.07, 6.45) is -4.77. The summed E-state index contributed by atoms with van der Waals surface area (Å²) < 4.78 is 31.1. The lowest BCUT2D eigenvalue weighted by molar-refractivity contribution is -0.141. The fraction of sp³-hybridized carbons (Fsp3) is 0.348. The van der Waals surface area contributed by atoms with Crippen LogP contribution >= 0.6 is 0 Å². The molecule has 1 aliphatic rings. The fourth-order valence-electron chi connectivity index (χ4n) is 3.66. The molecule has 0 spiro atoms. The number of amides is 2. The number of carboxylic acid groups (broad SMARTS) is 1. The van der Waals surface area contributed by atoms with Gasteiger partial charge in [0, 0.05) is 18.9 Å². The quantitative estimate of drug-likeness (QED) is 0.548. The zero-order valence-electron chi connectivity index (χ0n) is 17.4. The van der Waals surface area contributed by atoms with Crippen LogP contribution in [0.4, 0.5) is 13.6 Å². The third-order valence-electron chi connectivity index (χ3n) is 5.37. The number of carbonyl (C=O) groups excluding carboxylic acids is 2. The van der Waals surface area contributed by atoms with Crippen LogP contribution in [0.15, 0.2) is 48.5 Å². The molecule has 0 radical (unpaired) electrons. The molecule has 0 fully saturated rings. The smallest absolute Gasteiger partial charge is 0.407 e. The van der Waals surface area contributed by atoms with Gasteiger partial charge >= 0.3 is 12.1 Å². The number of fused-ring (bicyclic) bond motifs is 3. The zero-order chi connectivity index (χ0) is 23.3. The van der Waals surface area contributed by atoms with E-state index in [9.17, 15) is 23.2 Å². The van der Waals surface area contributed by atoms with Gasteiger partial charge in [-0.1, -0.05) is 55.5 Å². The van der Waals surface area contributed by atoms with Crippen molar-refractivity contribution in [1.29, 1.82) is 0 Å². The first kappa shape index (κ1) is 23.2. The van der Waals surface area contributed by atoms with Crippen LogP contribution in [0.3, 0.4) is 0 Å². The number of hydrogen-bond acceptors (Lipinski definition) is 4. The van der Waals surface area contributed by atoms with Gasteiger partial charge in [-0.25, -0.2) is 13.6 Å². The molecule has 0 aromatic heterocycles. The Morgan fingerprint density at radius 3 is 2.12 bits per heavy atom. The lowest BCUT2D eigenvalue weighted by Gasteiger charge is -2.20. The van der Waals surface area contributed by atoms with E-state index >= 15 is 0 Å². The SMILES string of the molecule is CC(CNC(=O)C(CC(F)F)NC(=O)OCC1c2ccccc2-c2ccccc21)C(=O)O. The van der Waals surface area contributed by atoms with E-state index in [0.717, 1.165) is 22.3 Å². The number of halogens is 2. The van der Waals surface area contributed by atoms with Gasteiger partial charge in [0.2, 0.25) is 12.3 Å². The standard InChI is InChI=1S/C23H24F2N2O5/c1-13(22(29)30)11-26-21(28)19(10-20(24)25)27-23(31)32-12-18-16-8-4-2-6-14(16)15-7-3-5-9-17(15)18/h2-9,13,18-20H,10-12H2,1H3,(H,26,28)(H,27,31)(H,29,30). The number of nitrogens with one attached hydrogen (secondary N) is 2. The van der Waals surface area contributed by atoms with Crippen LogP contribution in [0, 0.1) is 5.92 Å². The highest BCUT2D eigenvalue weighted by Gasteiger charge is 2.30. The second kappa shape index (κ2) is 10.2. The highest BCUT2D eigenvalue weighted by atomic mass is 19.3. The van der Waals surface area contributed by atoms with E-state index in [1.165, 1.54) is 6.92 Å². The molecule has 0 saturated carbocycles. The number of hydrogen-bond donors (Lipinski definition) is 3. The average molecular weight is 446 g/mol.